The van der Waals surface area contributed by atoms with Gasteiger partial charge in [-0.15, -0.1) is 10.2 Å². The molecule has 7 heteroatoms. The molecule has 0 aliphatic rings. The van der Waals surface area contributed by atoms with Crippen LogP contribution < -0.4 is 15.4 Å². The van der Waals surface area contributed by atoms with E-state index in [9.17, 15) is 4.79 Å². The van der Waals surface area contributed by atoms with E-state index in [0.29, 0.717) is 23.9 Å². The summed E-state index contributed by atoms with van der Waals surface area (Å²) in [5, 5.41) is 14.7. The first-order valence-corrected chi connectivity index (χ1v) is 8.75. The van der Waals surface area contributed by atoms with E-state index >= 15 is 0 Å². The molecule has 6 nitrogen and oxygen atoms in total. The molecule has 1 heterocycles. The lowest BCUT2D eigenvalue weighted by molar-refractivity contribution is 0.0945. The van der Waals surface area contributed by atoms with E-state index in [-0.39, 0.29) is 11.6 Å². The summed E-state index contributed by atoms with van der Waals surface area (Å²) in [6.07, 6.45) is 0. The van der Waals surface area contributed by atoms with E-state index in [1.807, 2.05) is 48.5 Å². The topological polar surface area (TPSA) is 76.1 Å². The van der Waals surface area contributed by atoms with Crippen LogP contribution in [0.5, 0.6) is 5.75 Å². The maximum atomic E-state index is 12.2. The maximum Gasteiger partial charge on any atom is 0.272 e. The third kappa shape index (κ3) is 5.43. The number of aromatic nitrogens is 2. The van der Waals surface area contributed by atoms with Gasteiger partial charge in [0.1, 0.15) is 11.6 Å². The Balaban J connectivity index is 1.51. The standard InChI is InChI=1S/C20H19ClN4O2/c1-27-17-8-4-15(5-9-17)13-23-20(26)18-10-11-19(25-24-18)22-12-14-2-6-16(21)7-3-14/h2-11H,12-13H2,1H3,(H,22,25)(H,23,26). The lowest BCUT2D eigenvalue weighted by Gasteiger charge is -2.07. The van der Waals surface area contributed by atoms with Gasteiger partial charge in [0, 0.05) is 18.1 Å². The zero-order chi connectivity index (χ0) is 19.1. The number of anilines is 1. The lowest BCUT2D eigenvalue weighted by Crippen LogP contribution is -2.24. The minimum atomic E-state index is -0.275. The van der Waals surface area contributed by atoms with Gasteiger partial charge in [-0.3, -0.25) is 4.79 Å². The highest BCUT2D eigenvalue weighted by molar-refractivity contribution is 6.30. The normalized spacial score (nSPS) is 10.3. The number of nitrogens with one attached hydrogen (secondary N) is 2. The smallest absolute Gasteiger partial charge is 0.272 e. The van der Waals surface area contributed by atoms with Crippen LogP contribution >= 0.6 is 11.6 Å². The quantitative estimate of drug-likeness (QED) is 0.651. The third-order valence-electron chi connectivity index (χ3n) is 3.90. The Bertz CT molecular complexity index is 881. The molecule has 0 radical (unpaired) electrons. The van der Waals surface area contributed by atoms with Crippen molar-refractivity contribution in [3.63, 3.8) is 0 Å². The summed E-state index contributed by atoms with van der Waals surface area (Å²) in [7, 11) is 1.61. The molecule has 27 heavy (non-hydrogen) atoms. The Kier molecular flexibility index (Phi) is 6.22. The zero-order valence-corrected chi connectivity index (χ0v) is 15.5. The summed E-state index contributed by atoms with van der Waals surface area (Å²) in [5.74, 6) is 1.09. The first-order valence-electron chi connectivity index (χ1n) is 8.37. The molecular formula is C20H19ClN4O2. The Morgan fingerprint density at radius 3 is 2.22 bits per heavy atom. The molecule has 0 saturated heterocycles. The second kappa shape index (κ2) is 9.00. The highest BCUT2D eigenvalue weighted by Gasteiger charge is 2.08. The van der Waals surface area contributed by atoms with Crippen LogP contribution in [0.1, 0.15) is 21.6 Å². The zero-order valence-electron chi connectivity index (χ0n) is 14.8. The number of nitrogens with zero attached hydrogens (tertiary/aromatic N) is 2. The first kappa shape index (κ1) is 18.7. The molecule has 2 N–H and O–H groups in total. The van der Waals surface area contributed by atoms with Crippen molar-refractivity contribution < 1.29 is 9.53 Å². The molecule has 3 aromatic rings. The number of ether oxygens (including phenoxy) is 1. The molecule has 1 aromatic heterocycles. The summed E-state index contributed by atoms with van der Waals surface area (Å²) < 4.78 is 5.11. The number of methoxy groups -OCH3 is 1. The van der Waals surface area contributed by atoms with Crippen LogP contribution in [0.3, 0.4) is 0 Å². The summed E-state index contributed by atoms with van der Waals surface area (Å²) in [4.78, 5) is 12.2. The molecule has 0 saturated carbocycles. The molecule has 138 valence electrons. The molecule has 0 unspecified atom stereocenters. The van der Waals surface area contributed by atoms with Crippen molar-refractivity contribution in [2.45, 2.75) is 13.1 Å². The number of benzene rings is 2. The molecule has 3 rings (SSSR count). The van der Waals surface area contributed by atoms with Gasteiger partial charge in [-0.2, -0.15) is 0 Å². The van der Waals surface area contributed by atoms with E-state index in [4.69, 9.17) is 16.3 Å². The van der Waals surface area contributed by atoms with Crippen LogP contribution in [0.15, 0.2) is 60.7 Å². The Morgan fingerprint density at radius 2 is 1.59 bits per heavy atom. The van der Waals surface area contributed by atoms with Crippen molar-refractivity contribution in [1.29, 1.82) is 0 Å². The van der Waals surface area contributed by atoms with Gasteiger partial charge in [0.15, 0.2) is 5.69 Å². The van der Waals surface area contributed by atoms with Crippen LogP contribution in [0.25, 0.3) is 0 Å². The predicted octanol–water partition coefficient (Wildman–Crippen LogP) is 3.68. The number of carbonyl (C=O) groups is 1. The summed E-state index contributed by atoms with van der Waals surface area (Å²) in [6.45, 7) is 0.996. The van der Waals surface area contributed by atoms with E-state index in [2.05, 4.69) is 20.8 Å². The number of hydrogen-bond donors (Lipinski definition) is 2. The second-order valence-corrected chi connectivity index (χ2v) is 6.25. The van der Waals surface area contributed by atoms with Gasteiger partial charge < -0.3 is 15.4 Å². The van der Waals surface area contributed by atoms with Crippen LogP contribution in [0, 0.1) is 0 Å². The van der Waals surface area contributed by atoms with Crippen LogP contribution in [0.4, 0.5) is 5.82 Å². The van der Waals surface area contributed by atoms with E-state index in [0.717, 1.165) is 16.9 Å². The van der Waals surface area contributed by atoms with Crippen molar-refractivity contribution in [3.8, 4) is 5.75 Å². The number of carbonyl (C=O) groups excluding carboxylic acids is 1. The van der Waals surface area contributed by atoms with Crippen molar-refractivity contribution in [2.24, 2.45) is 0 Å². The number of halogens is 1. The SMILES string of the molecule is COc1ccc(CNC(=O)c2ccc(NCc3ccc(Cl)cc3)nn2)cc1. The molecule has 0 spiro atoms. The average Bonchev–Trinajstić information content (AvgIpc) is 2.72. The Hall–Kier alpha value is -3.12. The van der Waals surface area contributed by atoms with Crippen molar-refractivity contribution in [3.05, 3.63) is 82.5 Å². The Morgan fingerprint density at radius 1 is 0.926 bits per heavy atom. The highest BCUT2D eigenvalue weighted by atomic mass is 35.5. The summed E-state index contributed by atoms with van der Waals surface area (Å²) in [6, 6.07) is 18.4. The fourth-order valence-electron chi connectivity index (χ4n) is 2.36. The summed E-state index contributed by atoms with van der Waals surface area (Å²) in [5.41, 5.74) is 2.31. The number of amides is 1. The first-order chi connectivity index (χ1) is 13.1. The average molecular weight is 383 g/mol. The minimum absolute atomic E-state index is 0.264. The van der Waals surface area contributed by atoms with Gasteiger partial charge in [0.25, 0.3) is 5.91 Å². The molecule has 0 aliphatic carbocycles. The van der Waals surface area contributed by atoms with E-state index < -0.39 is 0 Å². The molecule has 2 aromatic carbocycles. The largest absolute Gasteiger partial charge is 0.497 e. The molecule has 0 fully saturated rings. The number of hydrogen-bond acceptors (Lipinski definition) is 5. The molecular weight excluding hydrogens is 364 g/mol. The molecule has 1 amide bonds. The fourth-order valence-corrected chi connectivity index (χ4v) is 2.48. The van der Waals surface area contributed by atoms with Gasteiger partial charge >= 0.3 is 0 Å². The van der Waals surface area contributed by atoms with Gasteiger partial charge in [0.2, 0.25) is 0 Å². The lowest BCUT2D eigenvalue weighted by atomic mass is 10.2. The minimum Gasteiger partial charge on any atom is -0.497 e. The van der Waals surface area contributed by atoms with Crippen molar-refractivity contribution >= 4 is 23.3 Å². The number of rotatable bonds is 7. The van der Waals surface area contributed by atoms with E-state index in [1.54, 1.807) is 19.2 Å². The second-order valence-electron chi connectivity index (χ2n) is 5.81. The predicted molar refractivity (Wildman–Crippen MR) is 105 cm³/mol. The monoisotopic (exact) mass is 382 g/mol. The van der Waals surface area contributed by atoms with Gasteiger partial charge in [-0.05, 0) is 47.5 Å². The van der Waals surface area contributed by atoms with Crippen molar-refractivity contribution in [2.75, 3.05) is 12.4 Å². The Labute approximate surface area is 162 Å². The van der Waals surface area contributed by atoms with Crippen molar-refractivity contribution in [1.82, 2.24) is 15.5 Å². The van der Waals surface area contributed by atoms with Gasteiger partial charge in [-0.1, -0.05) is 35.9 Å². The van der Waals surface area contributed by atoms with Gasteiger partial charge in [0.05, 0.1) is 7.11 Å². The van der Waals surface area contributed by atoms with Crippen LogP contribution in [-0.2, 0) is 13.1 Å². The van der Waals surface area contributed by atoms with E-state index in [1.165, 1.54) is 0 Å². The highest BCUT2D eigenvalue weighted by Crippen LogP contribution is 2.12. The van der Waals surface area contributed by atoms with Gasteiger partial charge in [-0.25, -0.2) is 0 Å². The molecule has 0 bridgehead atoms. The summed E-state index contributed by atoms with van der Waals surface area (Å²) >= 11 is 5.87. The van der Waals surface area contributed by atoms with Crippen LogP contribution in [0.2, 0.25) is 5.02 Å². The molecule has 0 aliphatic heterocycles. The molecule has 0 atom stereocenters. The van der Waals surface area contributed by atoms with Crippen LogP contribution in [-0.4, -0.2) is 23.2 Å². The fraction of sp³-hybridized carbons (Fsp3) is 0.150. The third-order valence-corrected chi connectivity index (χ3v) is 4.15. The maximum absolute atomic E-state index is 12.2.